The maximum absolute atomic E-state index is 11.1. The summed E-state index contributed by atoms with van der Waals surface area (Å²) in [6, 6.07) is 0. The van der Waals surface area contributed by atoms with Gasteiger partial charge in [-0.15, -0.1) is 0 Å². The van der Waals surface area contributed by atoms with Crippen molar-refractivity contribution >= 4 is 11.8 Å². The van der Waals surface area contributed by atoms with Gasteiger partial charge in [0, 0.05) is 6.42 Å². The van der Waals surface area contributed by atoms with Crippen molar-refractivity contribution in [3.8, 4) is 0 Å². The molecular weight excluding hydrogens is 188 g/mol. The van der Waals surface area contributed by atoms with E-state index in [9.17, 15) is 9.59 Å². The van der Waals surface area contributed by atoms with Gasteiger partial charge in [0.15, 0.2) is 5.79 Å². The van der Waals surface area contributed by atoms with Crippen LogP contribution in [0, 0.1) is 0 Å². The maximum atomic E-state index is 11.1. The molecule has 14 heavy (non-hydrogen) atoms. The van der Waals surface area contributed by atoms with Crippen LogP contribution in [-0.2, 0) is 19.1 Å². The van der Waals surface area contributed by atoms with E-state index in [4.69, 9.17) is 14.6 Å². The second kappa shape index (κ2) is 4.06. The molecule has 0 aromatic carbocycles. The van der Waals surface area contributed by atoms with Crippen LogP contribution in [0.5, 0.6) is 0 Å². The van der Waals surface area contributed by atoms with Gasteiger partial charge >= 0.3 is 5.97 Å². The molecule has 5 nitrogen and oxygen atoms in total. The van der Waals surface area contributed by atoms with E-state index in [1.165, 1.54) is 0 Å². The Hall–Kier alpha value is -0.940. The first-order valence-electron chi connectivity index (χ1n) is 4.44. The maximum Gasteiger partial charge on any atom is 0.310 e. The van der Waals surface area contributed by atoms with Gasteiger partial charge in [-0.05, 0) is 13.8 Å². The third kappa shape index (κ3) is 3.43. The van der Waals surface area contributed by atoms with Gasteiger partial charge in [0.05, 0.1) is 12.7 Å². The molecule has 0 aromatic rings. The lowest BCUT2D eigenvalue weighted by molar-refractivity contribution is -0.145. The summed E-state index contributed by atoms with van der Waals surface area (Å²) in [7, 11) is 0. The molecule has 0 aliphatic carbocycles. The van der Waals surface area contributed by atoms with Gasteiger partial charge in [-0.3, -0.25) is 9.59 Å². The molecule has 1 rings (SSSR count). The number of ether oxygens (including phenoxy) is 2. The summed E-state index contributed by atoms with van der Waals surface area (Å²) in [4.78, 5) is 21.3. The van der Waals surface area contributed by atoms with E-state index in [1.807, 2.05) is 0 Å². The third-order valence-electron chi connectivity index (χ3n) is 1.87. The highest BCUT2D eigenvalue weighted by Gasteiger charge is 2.33. The number of Topliss-reactive ketones (excluding diaryl/α,β-unsaturated/α-hetero) is 1. The Labute approximate surface area is 82.0 Å². The first kappa shape index (κ1) is 11.1. The molecular formula is C9H14O5. The van der Waals surface area contributed by atoms with Crippen molar-refractivity contribution in [2.24, 2.45) is 0 Å². The molecule has 0 saturated carbocycles. The van der Waals surface area contributed by atoms with Gasteiger partial charge in [0.2, 0.25) is 0 Å². The van der Waals surface area contributed by atoms with Crippen LogP contribution in [0.15, 0.2) is 0 Å². The number of aliphatic carboxylic acids is 1. The van der Waals surface area contributed by atoms with Gasteiger partial charge in [0.1, 0.15) is 12.2 Å². The van der Waals surface area contributed by atoms with E-state index >= 15 is 0 Å². The van der Waals surface area contributed by atoms with Crippen LogP contribution < -0.4 is 0 Å². The molecule has 1 fully saturated rings. The van der Waals surface area contributed by atoms with E-state index in [0.717, 1.165) is 0 Å². The van der Waals surface area contributed by atoms with E-state index in [1.54, 1.807) is 13.8 Å². The normalized spacial score (nSPS) is 24.9. The molecule has 0 aromatic heterocycles. The van der Waals surface area contributed by atoms with E-state index in [-0.39, 0.29) is 18.3 Å². The lowest BCUT2D eigenvalue weighted by Crippen LogP contribution is -2.23. The zero-order valence-corrected chi connectivity index (χ0v) is 8.28. The Bertz CT molecular complexity index is 246. The first-order valence-corrected chi connectivity index (χ1v) is 4.44. The summed E-state index contributed by atoms with van der Waals surface area (Å²) in [5.41, 5.74) is 0. The summed E-state index contributed by atoms with van der Waals surface area (Å²) in [5, 5.41) is 8.37. The van der Waals surface area contributed by atoms with Crippen LogP contribution in [0.25, 0.3) is 0 Å². The summed E-state index contributed by atoms with van der Waals surface area (Å²) in [5.74, 6) is -2.09. The molecule has 0 spiro atoms. The van der Waals surface area contributed by atoms with Gasteiger partial charge in [-0.2, -0.15) is 0 Å². The van der Waals surface area contributed by atoms with Gasteiger partial charge in [-0.25, -0.2) is 0 Å². The Morgan fingerprint density at radius 3 is 2.57 bits per heavy atom. The average Bonchev–Trinajstić information content (AvgIpc) is 2.27. The topological polar surface area (TPSA) is 72.8 Å². The molecule has 0 radical (unpaired) electrons. The Morgan fingerprint density at radius 2 is 2.14 bits per heavy atom. The number of hydrogen-bond donors (Lipinski definition) is 1. The predicted molar refractivity (Wildman–Crippen MR) is 46.8 cm³/mol. The summed E-state index contributed by atoms with van der Waals surface area (Å²) < 4.78 is 10.6. The number of carbonyl (C=O) groups excluding carboxylic acids is 1. The molecule has 0 amide bonds. The second-order valence-corrected chi connectivity index (χ2v) is 3.76. The van der Waals surface area contributed by atoms with Crippen LogP contribution in [0.4, 0.5) is 0 Å². The minimum Gasteiger partial charge on any atom is -0.481 e. The van der Waals surface area contributed by atoms with Gasteiger partial charge in [-0.1, -0.05) is 0 Å². The number of rotatable bonds is 4. The molecule has 80 valence electrons. The summed E-state index contributed by atoms with van der Waals surface area (Å²) in [6.07, 6.45) is -0.646. The van der Waals surface area contributed by atoms with Crippen molar-refractivity contribution < 1.29 is 24.2 Å². The molecule has 0 bridgehead atoms. The quantitative estimate of drug-likeness (QED) is 0.675. The Kier molecular flexibility index (Phi) is 3.23. The minimum absolute atomic E-state index is 0.107. The molecule has 0 unspecified atom stereocenters. The van der Waals surface area contributed by atoms with Crippen LogP contribution >= 0.6 is 0 Å². The standard InChI is InChI=1S/C9H14O5/c1-9(2)13-5-7(14-9)3-6(10)4-8(11)12/h7H,3-5H2,1-2H3,(H,11,12)/t7-/m0/s1. The molecule has 1 aliphatic heterocycles. The van der Waals surface area contributed by atoms with Crippen molar-refractivity contribution in [1.82, 2.24) is 0 Å². The lowest BCUT2D eigenvalue weighted by atomic mass is 10.1. The molecule has 1 atom stereocenters. The SMILES string of the molecule is CC1(C)OC[C@H](CC(=O)CC(=O)O)O1. The zero-order valence-electron chi connectivity index (χ0n) is 8.28. The Morgan fingerprint density at radius 1 is 1.50 bits per heavy atom. The number of hydrogen-bond acceptors (Lipinski definition) is 4. The second-order valence-electron chi connectivity index (χ2n) is 3.76. The van der Waals surface area contributed by atoms with Crippen molar-refractivity contribution in [3.05, 3.63) is 0 Å². The fraction of sp³-hybridized carbons (Fsp3) is 0.778. The van der Waals surface area contributed by atoms with Gasteiger partial charge in [0.25, 0.3) is 0 Å². The number of carboxylic acid groups (broad SMARTS) is 1. The van der Waals surface area contributed by atoms with Crippen LogP contribution in [-0.4, -0.2) is 35.4 Å². The van der Waals surface area contributed by atoms with Crippen molar-refractivity contribution in [2.75, 3.05) is 6.61 Å². The monoisotopic (exact) mass is 202 g/mol. The lowest BCUT2D eigenvalue weighted by Gasteiger charge is -2.16. The number of ketones is 1. The fourth-order valence-electron chi connectivity index (χ4n) is 1.36. The van der Waals surface area contributed by atoms with E-state index in [2.05, 4.69) is 0 Å². The number of carboxylic acids is 1. The van der Waals surface area contributed by atoms with E-state index in [0.29, 0.717) is 6.61 Å². The highest BCUT2D eigenvalue weighted by Crippen LogP contribution is 2.24. The van der Waals surface area contributed by atoms with Crippen molar-refractivity contribution in [2.45, 2.75) is 38.6 Å². The van der Waals surface area contributed by atoms with Crippen molar-refractivity contribution in [3.63, 3.8) is 0 Å². The molecule has 1 aliphatic rings. The highest BCUT2D eigenvalue weighted by molar-refractivity contribution is 5.94. The molecule has 1 saturated heterocycles. The molecule has 1 N–H and O–H groups in total. The summed E-state index contributed by atoms with van der Waals surface area (Å²) >= 11 is 0. The largest absolute Gasteiger partial charge is 0.481 e. The number of carbonyl (C=O) groups is 2. The van der Waals surface area contributed by atoms with Crippen LogP contribution in [0.1, 0.15) is 26.7 Å². The third-order valence-corrected chi connectivity index (χ3v) is 1.87. The zero-order chi connectivity index (χ0) is 10.8. The molecule has 5 heteroatoms. The minimum atomic E-state index is -1.10. The van der Waals surface area contributed by atoms with Gasteiger partial charge < -0.3 is 14.6 Å². The summed E-state index contributed by atoms with van der Waals surface area (Å²) in [6.45, 7) is 3.86. The Balaban J connectivity index is 2.32. The van der Waals surface area contributed by atoms with Crippen molar-refractivity contribution in [1.29, 1.82) is 0 Å². The van der Waals surface area contributed by atoms with Crippen LogP contribution in [0.3, 0.4) is 0 Å². The average molecular weight is 202 g/mol. The highest BCUT2D eigenvalue weighted by atomic mass is 16.7. The van der Waals surface area contributed by atoms with E-state index < -0.39 is 18.2 Å². The first-order chi connectivity index (χ1) is 6.39. The fourth-order valence-corrected chi connectivity index (χ4v) is 1.36. The molecule has 1 heterocycles. The smallest absolute Gasteiger partial charge is 0.310 e. The van der Waals surface area contributed by atoms with Crippen LogP contribution in [0.2, 0.25) is 0 Å². The predicted octanol–water partition coefficient (Wildman–Crippen LogP) is 0.572.